The first kappa shape index (κ1) is 11.3. The van der Waals surface area contributed by atoms with Gasteiger partial charge in [0.2, 0.25) is 0 Å². The second-order valence-corrected chi connectivity index (χ2v) is 3.69. The van der Waals surface area contributed by atoms with E-state index in [1.165, 1.54) is 24.5 Å². The lowest BCUT2D eigenvalue weighted by molar-refractivity contribution is 0.0993. The van der Waals surface area contributed by atoms with Gasteiger partial charge in [-0.05, 0) is 23.8 Å². The van der Waals surface area contributed by atoms with Crippen LogP contribution in [0.1, 0.15) is 15.9 Å². The molecule has 4 heteroatoms. The Morgan fingerprint density at radius 1 is 1.24 bits per heavy atom. The number of halogens is 1. The molecule has 3 nitrogen and oxygen atoms in total. The van der Waals surface area contributed by atoms with Gasteiger partial charge in [0.1, 0.15) is 5.82 Å². The Labute approximate surface area is 98.1 Å². The van der Waals surface area contributed by atoms with Gasteiger partial charge in [0.15, 0.2) is 5.78 Å². The lowest BCUT2D eigenvalue weighted by Gasteiger charge is -2.03. The highest BCUT2D eigenvalue weighted by molar-refractivity contribution is 6.01. The first-order valence-corrected chi connectivity index (χ1v) is 5.14. The summed E-state index contributed by atoms with van der Waals surface area (Å²) < 4.78 is 12.7. The van der Waals surface area contributed by atoms with Crippen LogP contribution in [0.4, 0.5) is 10.1 Å². The van der Waals surface area contributed by atoms with Crippen molar-refractivity contribution in [3.8, 4) is 0 Å². The zero-order valence-corrected chi connectivity index (χ0v) is 9.06. The van der Waals surface area contributed by atoms with E-state index in [1.54, 1.807) is 18.2 Å². The molecule has 0 fully saturated rings. The molecule has 0 aliphatic carbocycles. The van der Waals surface area contributed by atoms with E-state index in [2.05, 4.69) is 4.98 Å². The minimum Gasteiger partial charge on any atom is -0.398 e. The van der Waals surface area contributed by atoms with Gasteiger partial charge in [-0.15, -0.1) is 0 Å². The third kappa shape index (κ3) is 2.66. The van der Waals surface area contributed by atoms with Gasteiger partial charge in [-0.2, -0.15) is 0 Å². The molecule has 0 aliphatic rings. The number of ketones is 1. The van der Waals surface area contributed by atoms with Crippen LogP contribution in [0.15, 0.2) is 42.7 Å². The maximum atomic E-state index is 12.7. The summed E-state index contributed by atoms with van der Waals surface area (Å²) in [4.78, 5) is 15.8. The fraction of sp³-hybridized carbons (Fsp3) is 0.0769. The predicted molar refractivity (Wildman–Crippen MR) is 63.1 cm³/mol. The molecule has 1 aromatic carbocycles. The molecule has 17 heavy (non-hydrogen) atoms. The topological polar surface area (TPSA) is 56.0 Å². The summed E-state index contributed by atoms with van der Waals surface area (Å²) in [5.41, 5.74) is 7.24. The van der Waals surface area contributed by atoms with Crippen molar-refractivity contribution in [2.75, 3.05) is 5.73 Å². The van der Waals surface area contributed by atoms with Gasteiger partial charge in [-0.1, -0.05) is 12.1 Å². The number of rotatable bonds is 3. The number of pyridine rings is 1. The summed E-state index contributed by atoms with van der Waals surface area (Å²) in [5.74, 6) is -0.440. The highest BCUT2D eigenvalue weighted by Gasteiger charge is 2.10. The zero-order chi connectivity index (χ0) is 12.3. The maximum Gasteiger partial charge on any atom is 0.170 e. The molecule has 1 heterocycles. The van der Waals surface area contributed by atoms with Crippen molar-refractivity contribution < 1.29 is 9.18 Å². The molecule has 2 aromatic rings. The van der Waals surface area contributed by atoms with Crippen molar-refractivity contribution in [3.05, 3.63) is 59.7 Å². The smallest absolute Gasteiger partial charge is 0.170 e. The molecule has 0 amide bonds. The van der Waals surface area contributed by atoms with Gasteiger partial charge in [0.05, 0.1) is 5.56 Å². The van der Waals surface area contributed by atoms with E-state index in [4.69, 9.17) is 5.73 Å². The van der Waals surface area contributed by atoms with Crippen LogP contribution in [-0.4, -0.2) is 10.8 Å². The third-order valence-corrected chi connectivity index (χ3v) is 2.43. The van der Waals surface area contributed by atoms with Gasteiger partial charge in [0.25, 0.3) is 0 Å². The molecule has 1 aromatic heterocycles. The largest absolute Gasteiger partial charge is 0.398 e. The second kappa shape index (κ2) is 4.74. The summed E-state index contributed by atoms with van der Waals surface area (Å²) in [6.45, 7) is 0. The Morgan fingerprint density at radius 3 is 2.59 bits per heavy atom. The van der Waals surface area contributed by atoms with E-state index in [0.717, 1.165) is 5.56 Å². The molecule has 0 radical (unpaired) electrons. The molecule has 0 unspecified atom stereocenters. The normalized spacial score (nSPS) is 10.2. The molecule has 86 valence electrons. The lowest BCUT2D eigenvalue weighted by Crippen LogP contribution is -2.07. The number of nitrogens with two attached hydrogens (primary N) is 1. The van der Waals surface area contributed by atoms with Crippen LogP contribution in [0.2, 0.25) is 0 Å². The number of carbonyl (C=O) groups excluding carboxylic acids is 1. The third-order valence-electron chi connectivity index (χ3n) is 2.43. The summed E-state index contributed by atoms with van der Waals surface area (Å²) in [6.07, 6.45) is 3.17. The molecule has 2 rings (SSSR count). The number of nitrogen functional groups attached to an aromatic ring is 1. The number of hydrogen-bond donors (Lipinski definition) is 1. The van der Waals surface area contributed by atoms with Crippen LogP contribution >= 0.6 is 0 Å². The number of hydrogen-bond acceptors (Lipinski definition) is 3. The molecule has 0 saturated carbocycles. The molecule has 0 saturated heterocycles. The van der Waals surface area contributed by atoms with Gasteiger partial charge in [0, 0.05) is 24.5 Å². The number of Topliss-reactive ketones (excluding diaryl/α,β-unsaturated/α-hetero) is 1. The van der Waals surface area contributed by atoms with Gasteiger partial charge >= 0.3 is 0 Å². The molecule has 0 atom stereocenters. The number of benzene rings is 1. The lowest BCUT2D eigenvalue weighted by atomic mass is 10.0. The number of nitrogens with zero attached hydrogens (tertiary/aromatic N) is 1. The monoisotopic (exact) mass is 230 g/mol. The fourth-order valence-corrected chi connectivity index (χ4v) is 1.52. The quantitative estimate of drug-likeness (QED) is 0.822. The highest BCUT2D eigenvalue weighted by atomic mass is 19.1. The average Bonchev–Trinajstić information content (AvgIpc) is 2.32. The van der Waals surface area contributed by atoms with E-state index in [9.17, 15) is 9.18 Å². The van der Waals surface area contributed by atoms with Crippen molar-refractivity contribution in [1.82, 2.24) is 4.98 Å². The summed E-state index contributed by atoms with van der Waals surface area (Å²) in [6, 6.07) is 7.40. The molecule has 2 N–H and O–H groups in total. The standard InChI is InChI=1S/C13H11FN2O/c14-10-3-1-9(2-4-10)7-13(17)11-8-16-6-5-12(11)15/h1-6,8H,7H2,(H2,15,16). The van der Waals surface area contributed by atoms with Crippen LogP contribution in [-0.2, 0) is 6.42 Å². The van der Waals surface area contributed by atoms with Crippen molar-refractivity contribution >= 4 is 11.5 Å². The van der Waals surface area contributed by atoms with Gasteiger partial charge in [-0.3, -0.25) is 9.78 Å². The Morgan fingerprint density at radius 2 is 1.94 bits per heavy atom. The SMILES string of the molecule is Nc1ccncc1C(=O)Cc1ccc(F)cc1. The summed E-state index contributed by atoms with van der Waals surface area (Å²) >= 11 is 0. The second-order valence-electron chi connectivity index (χ2n) is 3.69. The van der Waals surface area contributed by atoms with E-state index in [0.29, 0.717) is 11.3 Å². The first-order valence-electron chi connectivity index (χ1n) is 5.14. The number of carbonyl (C=O) groups is 1. The Bertz CT molecular complexity index is 537. The van der Waals surface area contributed by atoms with E-state index < -0.39 is 0 Å². The van der Waals surface area contributed by atoms with E-state index in [1.807, 2.05) is 0 Å². The van der Waals surface area contributed by atoms with E-state index >= 15 is 0 Å². The van der Waals surface area contributed by atoms with Crippen LogP contribution in [0.25, 0.3) is 0 Å². The van der Waals surface area contributed by atoms with Gasteiger partial charge in [-0.25, -0.2) is 4.39 Å². The van der Waals surface area contributed by atoms with Crippen molar-refractivity contribution in [1.29, 1.82) is 0 Å². The minimum atomic E-state index is -0.318. The molecule has 0 spiro atoms. The van der Waals surface area contributed by atoms with Crippen LogP contribution in [0.3, 0.4) is 0 Å². The summed E-state index contributed by atoms with van der Waals surface area (Å²) in [5, 5.41) is 0. The Kier molecular flexibility index (Phi) is 3.14. The maximum absolute atomic E-state index is 12.7. The van der Waals surface area contributed by atoms with Crippen molar-refractivity contribution in [2.24, 2.45) is 0 Å². The molecule has 0 aliphatic heterocycles. The average molecular weight is 230 g/mol. The Hall–Kier alpha value is -2.23. The first-order chi connectivity index (χ1) is 8.16. The summed E-state index contributed by atoms with van der Waals surface area (Å²) in [7, 11) is 0. The minimum absolute atomic E-state index is 0.123. The molecule has 0 bridgehead atoms. The van der Waals surface area contributed by atoms with E-state index in [-0.39, 0.29) is 18.0 Å². The van der Waals surface area contributed by atoms with Crippen LogP contribution in [0.5, 0.6) is 0 Å². The number of aromatic nitrogens is 1. The predicted octanol–water partition coefficient (Wildman–Crippen LogP) is 2.23. The number of anilines is 1. The molecular formula is C13H11FN2O. The van der Waals surface area contributed by atoms with Crippen molar-refractivity contribution in [2.45, 2.75) is 6.42 Å². The molecular weight excluding hydrogens is 219 g/mol. The van der Waals surface area contributed by atoms with Gasteiger partial charge < -0.3 is 5.73 Å². The zero-order valence-electron chi connectivity index (χ0n) is 9.06. The van der Waals surface area contributed by atoms with Crippen LogP contribution < -0.4 is 5.73 Å². The highest BCUT2D eigenvalue weighted by Crippen LogP contribution is 2.13. The fourth-order valence-electron chi connectivity index (χ4n) is 1.52. The van der Waals surface area contributed by atoms with Crippen LogP contribution in [0, 0.1) is 5.82 Å². The Balaban J connectivity index is 2.17. The van der Waals surface area contributed by atoms with Crippen molar-refractivity contribution in [3.63, 3.8) is 0 Å².